The van der Waals surface area contributed by atoms with E-state index in [2.05, 4.69) is 5.32 Å². The Morgan fingerprint density at radius 1 is 1.47 bits per heavy atom. The van der Waals surface area contributed by atoms with Crippen LogP contribution in [-0.2, 0) is 9.59 Å². The summed E-state index contributed by atoms with van der Waals surface area (Å²) in [6.45, 7) is 0. The van der Waals surface area contributed by atoms with Crippen LogP contribution in [0.15, 0.2) is 18.2 Å². The van der Waals surface area contributed by atoms with E-state index in [1.54, 1.807) is 0 Å². The Labute approximate surface area is 96.4 Å². The number of primary amides is 1. The monoisotopic (exact) mass is 241 g/mol. The third-order valence-corrected chi connectivity index (χ3v) is 1.97. The first-order chi connectivity index (χ1) is 7.90. The molecular weight excluding hydrogens is 229 g/mol. The average Bonchev–Trinajstić information content (AvgIpc) is 2.22. The molecule has 0 aromatic heterocycles. The highest BCUT2D eigenvalue weighted by Crippen LogP contribution is 2.19. The van der Waals surface area contributed by atoms with E-state index < -0.39 is 29.4 Å². The maximum atomic E-state index is 12.9. The molecule has 0 bridgehead atoms. The minimum atomic E-state index is -1.09. The van der Waals surface area contributed by atoms with E-state index in [1.807, 2.05) is 0 Å². The van der Waals surface area contributed by atoms with E-state index in [0.717, 1.165) is 12.1 Å². The average molecular weight is 241 g/mol. The Kier molecular flexibility index (Phi) is 4.00. The number of nitrogens with one attached hydrogen (secondary N) is 1. The molecule has 92 valence electrons. The van der Waals surface area contributed by atoms with Gasteiger partial charge in [-0.15, -0.1) is 0 Å². The third kappa shape index (κ3) is 3.72. The fraction of sp³-hybridized carbons (Fsp3) is 0.200. The van der Waals surface area contributed by atoms with Crippen LogP contribution in [0.1, 0.15) is 6.42 Å². The highest BCUT2D eigenvalue weighted by molar-refractivity contribution is 5.97. The molecule has 0 aliphatic rings. The molecule has 0 saturated carbocycles. The Morgan fingerprint density at radius 3 is 2.65 bits per heavy atom. The number of halogens is 1. The van der Waals surface area contributed by atoms with E-state index in [9.17, 15) is 14.0 Å². The van der Waals surface area contributed by atoms with Crippen molar-refractivity contribution < 1.29 is 19.1 Å². The molecule has 17 heavy (non-hydrogen) atoms. The number of hydrogen-bond donors (Lipinski definition) is 4. The molecule has 0 heterocycles. The van der Waals surface area contributed by atoms with Gasteiger partial charge in [-0.25, -0.2) is 4.39 Å². The van der Waals surface area contributed by atoms with Crippen molar-refractivity contribution in [3.63, 3.8) is 0 Å². The second-order valence-electron chi connectivity index (χ2n) is 3.43. The number of amides is 2. The summed E-state index contributed by atoms with van der Waals surface area (Å²) in [5.41, 5.74) is 10.4. The maximum Gasteiger partial charge on any atom is 0.241 e. The molecule has 0 aliphatic carbocycles. The summed E-state index contributed by atoms with van der Waals surface area (Å²) < 4.78 is 12.9. The molecule has 1 unspecified atom stereocenters. The molecule has 0 fully saturated rings. The summed E-state index contributed by atoms with van der Waals surface area (Å²) in [6.07, 6.45) is -0.299. The number of phenolic OH excluding ortho intramolecular Hbond substituents is 1. The summed E-state index contributed by atoms with van der Waals surface area (Å²) in [7, 11) is 0. The van der Waals surface area contributed by atoms with Crippen LogP contribution < -0.4 is 16.8 Å². The largest absolute Gasteiger partial charge is 0.505 e. The number of rotatable bonds is 4. The molecule has 0 spiro atoms. The van der Waals surface area contributed by atoms with Crippen LogP contribution >= 0.6 is 0 Å². The second kappa shape index (κ2) is 5.26. The maximum absolute atomic E-state index is 12.9. The molecule has 0 radical (unpaired) electrons. The van der Waals surface area contributed by atoms with E-state index in [0.29, 0.717) is 0 Å². The summed E-state index contributed by atoms with van der Waals surface area (Å²) in [4.78, 5) is 21.9. The van der Waals surface area contributed by atoms with Gasteiger partial charge in [-0.05, 0) is 12.1 Å². The molecule has 1 aromatic carbocycles. The van der Waals surface area contributed by atoms with Crippen molar-refractivity contribution in [1.29, 1.82) is 0 Å². The molecule has 6 nitrogen and oxygen atoms in total. The Hall–Kier alpha value is -2.15. The van der Waals surface area contributed by atoms with Crippen molar-refractivity contribution in [2.45, 2.75) is 12.5 Å². The lowest BCUT2D eigenvalue weighted by atomic mass is 10.2. The Morgan fingerprint density at radius 2 is 2.12 bits per heavy atom. The van der Waals surface area contributed by atoms with Crippen LogP contribution in [0.25, 0.3) is 0 Å². The normalized spacial score (nSPS) is 11.9. The first-order valence-electron chi connectivity index (χ1n) is 4.73. The predicted octanol–water partition coefficient (Wildman–Crippen LogP) is -0.328. The van der Waals surface area contributed by atoms with Gasteiger partial charge in [0, 0.05) is 11.8 Å². The van der Waals surface area contributed by atoms with Crippen LogP contribution in [0.5, 0.6) is 5.75 Å². The number of nitrogens with two attached hydrogens (primary N) is 2. The van der Waals surface area contributed by atoms with Crippen molar-refractivity contribution in [3.8, 4) is 5.75 Å². The van der Waals surface area contributed by atoms with Gasteiger partial charge in [-0.3, -0.25) is 9.59 Å². The zero-order valence-electron chi connectivity index (χ0n) is 8.81. The standard InChI is InChI=1S/C10H12FN3O3/c11-6-3-5(1-2-8(6)15)14-10(17)7(12)4-9(13)16/h1-3,7,15H,4,12H2,(H2,13,16)(H,14,17). The zero-order valence-corrected chi connectivity index (χ0v) is 8.81. The quantitative estimate of drug-likeness (QED) is 0.540. The van der Waals surface area contributed by atoms with Gasteiger partial charge >= 0.3 is 0 Å². The van der Waals surface area contributed by atoms with Gasteiger partial charge in [0.05, 0.1) is 12.5 Å². The van der Waals surface area contributed by atoms with E-state index in [-0.39, 0.29) is 12.1 Å². The molecule has 7 heteroatoms. The Balaban J connectivity index is 2.67. The fourth-order valence-corrected chi connectivity index (χ4v) is 1.13. The molecular formula is C10H12FN3O3. The van der Waals surface area contributed by atoms with Crippen molar-refractivity contribution in [3.05, 3.63) is 24.0 Å². The zero-order chi connectivity index (χ0) is 13.0. The molecule has 0 aliphatic heterocycles. The predicted molar refractivity (Wildman–Crippen MR) is 58.5 cm³/mol. The van der Waals surface area contributed by atoms with Crippen molar-refractivity contribution in [2.75, 3.05) is 5.32 Å². The highest BCUT2D eigenvalue weighted by Gasteiger charge is 2.16. The van der Waals surface area contributed by atoms with Gasteiger partial charge in [-0.1, -0.05) is 0 Å². The molecule has 1 atom stereocenters. The van der Waals surface area contributed by atoms with E-state index in [1.165, 1.54) is 6.07 Å². The molecule has 1 aromatic rings. The van der Waals surface area contributed by atoms with Crippen molar-refractivity contribution in [1.82, 2.24) is 0 Å². The van der Waals surface area contributed by atoms with Gasteiger partial charge in [0.1, 0.15) is 0 Å². The van der Waals surface area contributed by atoms with Gasteiger partial charge in [-0.2, -0.15) is 0 Å². The van der Waals surface area contributed by atoms with Crippen LogP contribution in [0, 0.1) is 5.82 Å². The van der Waals surface area contributed by atoms with Crippen molar-refractivity contribution >= 4 is 17.5 Å². The lowest BCUT2D eigenvalue weighted by Gasteiger charge is -2.10. The third-order valence-electron chi connectivity index (χ3n) is 1.97. The van der Waals surface area contributed by atoms with Crippen molar-refractivity contribution in [2.24, 2.45) is 11.5 Å². The molecule has 1 rings (SSSR count). The molecule has 2 amide bonds. The second-order valence-corrected chi connectivity index (χ2v) is 3.43. The summed E-state index contributed by atoms with van der Waals surface area (Å²) in [5.74, 6) is -2.76. The van der Waals surface area contributed by atoms with Crippen LogP contribution in [0.2, 0.25) is 0 Å². The van der Waals surface area contributed by atoms with Gasteiger partial charge in [0.2, 0.25) is 11.8 Å². The number of anilines is 1. The van der Waals surface area contributed by atoms with E-state index >= 15 is 0 Å². The lowest BCUT2D eigenvalue weighted by molar-refractivity contribution is -0.123. The topological polar surface area (TPSA) is 118 Å². The lowest BCUT2D eigenvalue weighted by Crippen LogP contribution is -2.38. The van der Waals surface area contributed by atoms with Gasteiger partial charge in [0.15, 0.2) is 11.6 Å². The van der Waals surface area contributed by atoms with Crippen LogP contribution in [-0.4, -0.2) is 23.0 Å². The SMILES string of the molecule is NC(=O)CC(N)C(=O)Nc1ccc(O)c(F)c1. The van der Waals surface area contributed by atoms with Crippen LogP contribution in [0.4, 0.5) is 10.1 Å². The first-order valence-corrected chi connectivity index (χ1v) is 4.73. The van der Waals surface area contributed by atoms with E-state index in [4.69, 9.17) is 16.6 Å². The Bertz CT molecular complexity index is 450. The molecule has 6 N–H and O–H groups in total. The minimum absolute atomic E-state index is 0.130. The number of aromatic hydroxyl groups is 1. The highest BCUT2D eigenvalue weighted by atomic mass is 19.1. The number of carbonyl (C=O) groups excluding carboxylic acids is 2. The number of hydrogen-bond acceptors (Lipinski definition) is 4. The molecule has 0 saturated heterocycles. The smallest absolute Gasteiger partial charge is 0.241 e. The minimum Gasteiger partial charge on any atom is -0.505 e. The van der Waals surface area contributed by atoms with Gasteiger partial charge < -0.3 is 21.9 Å². The summed E-state index contributed by atoms with van der Waals surface area (Å²) in [6, 6.07) is 2.23. The van der Waals surface area contributed by atoms with Crippen LogP contribution in [0.3, 0.4) is 0 Å². The summed E-state index contributed by atoms with van der Waals surface area (Å²) >= 11 is 0. The number of phenols is 1. The number of benzene rings is 1. The summed E-state index contributed by atoms with van der Waals surface area (Å²) in [5, 5.41) is 11.2. The fourth-order valence-electron chi connectivity index (χ4n) is 1.13. The van der Waals surface area contributed by atoms with Gasteiger partial charge in [0.25, 0.3) is 0 Å². The first kappa shape index (κ1) is 12.9. The number of carbonyl (C=O) groups is 2.